The van der Waals surface area contributed by atoms with E-state index in [4.69, 9.17) is 19.6 Å². The van der Waals surface area contributed by atoms with Gasteiger partial charge in [0.15, 0.2) is 0 Å². The van der Waals surface area contributed by atoms with Crippen LogP contribution in [0, 0.1) is 0 Å². The van der Waals surface area contributed by atoms with Gasteiger partial charge >= 0.3 is 6.01 Å². The lowest BCUT2D eigenvalue weighted by molar-refractivity contribution is 0.313. The first-order valence-corrected chi connectivity index (χ1v) is 6.82. The Morgan fingerprint density at radius 3 is 2.59 bits per heavy atom. The molecule has 0 spiro atoms. The van der Waals surface area contributed by atoms with Crippen LogP contribution in [0.3, 0.4) is 0 Å². The van der Waals surface area contributed by atoms with Gasteiger partial charge in [-0.25, -0.2) is 0 Å². The van der Waals surface area contributed by atoms with E-state index < -0.39 is 0 Å². The number of likely N-dealkylation sites (N-methyl/N-ethyl adjacent to an activating group) is 1. The van der Waals surface area contributed by atoms with E-state index >= 15 is 0 Å². The first-order chi connectivity index (χ1) is 10.2. The van der Waals surface area contributed by atoms with E-state index in [1.165, 1.54) is 0 Å². The maximum atomic E-state index is 5.68. The van der Waals surface area contributed by atoms with Crippen molar-refractivity contribution >= 4 is 18.4 Å². The van der Waals surface area contributed by atoms with E-state index in [2.05, 4.69) is 10.2 Å². The zero-order chi connectivity index (χ0) is 15.1. The Morgan fingerprint density at radius 2 is 1.95 bits per heavy atom. The van der Waals surface area contributed by atoms with Crippen molar-refractivity contribution in [2.75, 3.05) is 31.7 Å². The molecule has 0 radical (unpaired) electrons. The van der Waals surface area contributed by atoms with Crippen molar-refractivity contribution in [2.24, 2.45) is 5.73 Å². The fraction of sp³-hybridized carbons (Fsp3) is 0.429. The molecule has 8 heteroatoms. The average molecular weight is 329 g/mol. The molecule has 2 N–H and O–H groups in total. The fourth-order valence-electron chi connectivity index (χ4n) is 1.70. The highest BCUT2D eigenvalue weighted by atomic mass is 35.5. The molecule has 2 aromatic rings. The van der Waals surface area contributed by atoms with Gasteiger partial charge in [-0.05, 0) is 19.1 Å². The molecule has 0 aliphatic heterocycles. The van der Waals surface area contributed by atoms with Gasteiger partial charge in [0, 0.05) is 13.1 Å². The summed E-state index contributed by atoms with van der Waals surface area (Å²) < 4.78 is 16.5. The van der Waals surface area contributed by atoms with Crippen molar-refractivity contribution < 1.29 is 13.9 Å². The van der Waals surface area contributed by atoms with Crippen molar-refractivity contribution in [3.8, 4) is 11.5 Å². The summed E-state index contributed by atoms with van der Waals surface area (Å²) in [5, 5.41) is 7.72. The number of hydrogen-bond donors (Lipinski definition) is 1. The third-order valence-corrected chi connectivity index (χ3v) is 2.77. The summed E-state index contributed by atoms with van der Waals surface area (Å²) >= 11 is 0. The number of halogens is 1. The summed E-state index contributed by atoms with van der Waals surface area (Å²) in [7, 11) is 1.85. The van der Waals surface area contributed by atoms with Crippen LogP contribution in [0.15, 0.2) is 28.7 Å². The van der Waals surface area contributed by atoms with Crippen LogP contribution >= 0.6 is 12.4 Å². The van der Waals surface area contributed by atoms with Crippen LogP contribution in [0.25, 0.3) is 0 Å². The number of rotatable bonds is 8. The van der Waals surface area contributed by atoms with Crippen LogP contribution in [0.2, 0.25) is 0 Å². The van der Waals surface area contributed by atoms with E-state index in [9.17, 15) is 0 Å². The molecule has 0 aliphatic carbocycles. The van der Waals surface area contributed by atoms with E-state index in [-0.39, 0.29) is 19.0 Å². The van der Waals surface area contributed by atoms with E-state index in [0.29, 0.717) is 31.7 Å². The molecule has 1 aromatic heterocycles. The molecule has 0 bridgehead atoms. The molecule has 0 aliphatic rings. The maximum Gasteiger partial charge on any atom is 0.318 e. The topological polar surface area (TPSA) is 86.6 Å². The standard InChI is InChI=1S/C14H20N4O3.ClH/c1-3-19-11-5-4-6-12(9-11)20-8-7-18(2)14-17-16-13(10-15)21-14;/h4-6,9H,3,7-8,10,15H2,1-2H3;1H. The van der Waals surface area contributed by atoms with Crippen LogP contribution in [-0.2, 0) is 6.54 Å². The van der Waals surface area contributed by atoms with Crippen molar-refractivity contribution in [1.82, 2.24) is 10.2 Å². The summed E-state index contributed by atoms with van der Waals surface area (Å²) in [6, 6.07) is 7.98. The van der Waals surface area contributed by atoms with Crippen LogP contribution in [0.5, 0.6) is 11.5 Å². The molecular formula is C14H21ClN4O3. The Morgan fingerprint density at radius 1 is 1.23 bits per heavy atom. The number of benzene rings is 1. The molecule has 0 atom stereocenters. The van der Waals surface area contributed by atoms with Gasteiger partial charge in [-0.1, -0.05) is 11.2 Å². The Hall–Kier alpha value is -1.99. The minimum absolute atomic E-state index is 0. The zero-order valence-electron chi connectivity index (χ0n) is 12.7. The SMILES string of the molecule is CCOc1cccc(OCCN(C)c2nnc(CN)o2)c1.Cl. The number of aromatic nitrogens is 2. The van der Waals surface area contributed by atoms with Gasteiger partial charge in [-0.2, -0.15) is 0 Å². The van der Waals surface area contributed by atoms with Crippen molar-refractivity contribution in [2.45, 2.75) is 13.5 Å². The predicted molar refractivity (Wildman–Crippen MR) is 85.8 cm³/mol. The molecule has 122 valence electrons. The Kier molecular flexibility index (Phi) is 7.48. The molecule has 1 aromatic carbocycles. The molecule has 2 rings (SSSR count). The fourth-order valence-corrected chi connectivity index (χ4v) is 1.70. The Bertz CT molecular complexity index is 565. The molecule has 0 unspecified atom stereocenters. The second-order valence-corrected chi connectivity index (χ2v) is 4.36. The quantitative estimate of drug-likeness (QED) is 0.791. The summed E-state index contributed by atoms with van der Waals surface area (Å²) in [6.45, 7) is 3.92. The number of hydrogen-bond acceptors (Lipinski definition) is 7. The average Bonchev–Trinajstić information content (AvgIpc) is 2.97. The third kappa shape index (κ3) is 5.09. The van der Waals surface area contributed by atoms with Gasteiger partial charge in [0.05, 0.1) is 19.7 Å². The summed E-state index contributed by atoms with van der Waals surface area (Å²) in [6.07, 6.45) is 0. The smallest absolute Gasteiger partial charge is 0.318 e. The van der Waals surface area contributed by atoms with Gasteiger partial charge in [0.1, 0.15) is 18.1 Å². The predicted octanol–water partition coefficient (Wildman–Crippen LogP) is 1.86. The second kappa shape index (κ2) is 9.11. The summed E-state index contributed by atoms with van der Waals surface area (Å²) in [5.41, 5.74) is 5.43. The van der Waals surface area contributed by atoms with Crippen LogP contribution in [-0.4, -0.2) is 37.0 Å². The number of nitrogens with zero attached hydrogens (tertiary/aromatic N) is 3. The molecule has 22 heavy (non-hydrogen) atoms. The highest BCUT2D eigenvalue weighted by molar-refractivity contribution is 5.85. The van der Waals surface area contributed by atoms with Crippen LogP contribution in [0.4, 0.5) is 6.01 Å². The molecule has 0 saturated heterocycles. The summed E-state index contributed by atoms with van der Waals surface area (Å²) in [4.78, 5) is 1.82. The van der Waals surface area contributed by atoms with Crippen molar-refractivity contribution in [1.29, 1.82) is 0 Å². The molecule has 0 fully saturated rings. The van der Waals surface area contributed by atoms with E-state index in [1.807, 2.05) is 43.1 Å². The Balaban J connectivity index is 0.00000242. The molecular weight excluding hydrogens is 308 g/mol. The monoisotopic (exact) mass is 328 g/mol. The van der Waals surface area contributed by atoms with Crippen molar-refractivity contribution in [3.05, 3.63) is 30.2 Å². The maximum absolute atomic E-state index is 5.68. The molecule has 0 amide bonds. The highest BCUT2D eigenvalue weighted by Gasteiger charge is 2.09. The minimum atomic E-state index is 0. The summed E-state index contributed by atoms with van der Waals surface area (Å²) in [5.74, 6) is 1.98. The van der Waals surface area contributed by atoms with Crippen molar-refractivity contribution in [3.63, 3.8) is 0 Å². The molecule has 1 heterocycles. The van der Waals surface area contributed by atoms with E-state index in [1.54, 1.807) is 0 Å². The number of ether oxygens (including phenoxy) is 2. The van der Waals surface area contributed by atoms with Crippen LogP contribution in [0.1, 0.15) is 12.8 Å². The minimum Gasteiger partial charge on any atom is -0.494 e. The number of nitrogens with two attached hydrogens (primary N) is 1. The lowest BCUT2D eigenvalue weighted by atomic mass is 10.3. The molecule has 0 saturated carbocycles. The lowest BCUT2D eigenvalue weighted by Gasteiger charge is -2.14. The zero-order valence-corrected chi connectivity index (χ0v) is 13.5. The van der Waals surface area contributed by atoms with E-state index in [0.717, 1.165) is 11.5 Å². The third-order valence-electron chi connectivity index (χ3n) is 2.77. The normalized spacial score (nSPS) is 9.95. The van der Waals surface area contributed by atoms with Gasteiger partial charge in [0.25, 0.3) is 0 Å². The van der Waals surface area contributed by atoms with Gasteiger partial charge in [-0.3, -0.25) is 0 Å². The van der Waals surface area contributed by atoms with Gasteiger partial charge in [-0.15, -0.1) is 17.5 Å². The largest absolute Gasteiger partial charge is 0.494 e. The van der Waals surface area contributed by atoms with Crippen LogP contribution < -0.4 is 20.1 Å². The first-order valence-electron chi connectivity index (χ1n) is 6.82. The first kappa shape index (κ1) is 18.1. The van der Waals surface area contributed by atoms with Gasteiger partial charge < -0.3 is 24.5 Å². The Labute approximate surface area is 135 Å². The molecule has 7 nitrogen and oxygen atoms in total. The van der Waals surface area contributed by atoms with Gasteiger partial charge in [0.2, 0.25) is 5.89 Å². The highest BCUT2D eigenvalue weighted by Crippen LogP contribution is 2.19. The second-order valence-electron chi connectivity index (χ2n) is 4.36. The number of anilines is 1. The lowest BCUT2D eigenvalue weighted by Crippen LogP contribution is -2.24.